The van der Waals surface area contributed by atoms with Crippen LogP contribution in [0.3, 0.4) is 0 Å². The van der Waals surface area contributed by atoms with E-state index >= 15 is 0 Å². The second kappa shape index (κ2) is 8.47. The quantitative estimate of drug-likeness (QED) is 0.577. The van der Waals surface area contributed by atoms with Crippen LogP contribution in [0.4, 0.5) is 0 Å². The van der Waals surface area contributed by atoms with Crippen molar-refractivity contribution in [3.63, 3.8) is 0 Å². The molecule has 1 rings (SSSR count). The minimum Gasteiger partial charge on any atom is -0.451 e. The molecule has 0 radical (unpaired) electrons. The molecule has 0 bridgehead atoms. The lowest BCUT2D eigenvalue weighted by atomic mass is 10.4. The summed E-state index contributed by atoms with van der Waals surface area (Å²) in [7, 11) is 0. The molecule has 1 atom stereocenters. The summed E-state index contributed by atoms with van der Waals surface area (Å²) in [4.78, 5) is 22.1. The van der Waals surface area contributed by atoms with E-state index in [0.717, 1.165) is 29.8 Å². The molecule has 0 spiro atoms. The van der Waals surface area contributed by atoms with E-state index in [0.29, 0.717) is 0 Å². The lowest BCUT2D eigenvalue weighted by Crippen LogP contribution is -2.23. The van der Waals surface area contributed by atoms with Crippen LogP contribution >= 0.6 is 23.5 Å². The zero-order valence-electron chi connectivity index (χ0n) is 9.55. The zero-order valence-corrected chi connectivity index (χ0v) is 11.2. The van der Waals surface area contributed by atoms with Gasteiger partial charge in [-0.25, -0.2) is 9.59 Å². The van der Waals surface area contributed by atoms with Crippen molar-refractivity contribution in [2.45, 2.75) is 18.3 Å². The SMILES string of the molecule is C=CC(=O)OCC(=O)OC1CSCCCCS1. The molecule has 0 aromatic rings. The third kappa shape index (κ3) is 6.63. The molecule has 4 nitrogen and oxygen atoms in total. The van der Waals surface area contributed by atoms with E-state index in [1.165, 1.54) is 6.42 Å². The maximum atomic E-state index is 11.4. The van der Waals surface area contributed by atoms with Crippen molar-refractivity contribution >= 4 is 35.5 Å². The van der Waals surface area contributed by atoms with Gasteiger partial charge in [-0.15, -0.1) is 11.8 Å². The summed E-state index contributed by atoms with van der Waals surface area (Å²) >= 11 is 3.43. The molecule has 0 N–H and O–H groups in total. The van der Waals surface area contributed by atoms with Crippen LogP contribution in [0.5, 0.6) is 0 Å². The van der Waals surface area contributed by atoms with Crippen LogP contribution in [0.15, 0.2) is 12.7 Å². The molecular formula is C11H16O4S2. The second-order valence-electron chi connectivity index (χ2n) is 3.38. The van der Waals surface area contributed by atoms with Crippen molar-refractivity contribution in [3.05, 3.63) is 12.7 Å². The molecule has 0 aromatic heterocycles. The molecule has 1 fully saturated rings. The molecule has 1 saturated heterocycles. The standard InChI is InChI=1S/C11H16O4S2/c1-2-9(12)14-7-10(13)15-11-8-16-5-3-4-6-17-11/h2,11H,1,3-8H2. The summed E-state index contributed by atoms with van der Waals surface area (Å²) in [5.41, 5.74) is -0.129. The van der Waals surface area contributed by atoms with Gasteiger partial charge >= 0.3 is 11.9 Å². The topological polar surface area (TPSA) is 52.6 Å². The molecule has 1 heterocycles. The fraction of sp³-hybridized carbons (Fsp3) is 0.636. The molecule has 0 saturated carbocycles. The van der Waals surface area contributed by atoms with Gasteiger partial charge in [0.05, 0.1) is 0 Å². The Bertz CT molecular complexity index is 273. The van der Waals surface area contributed by atoms with Crippen molar-refractivity contribution in [1.82, 2.24) is 0 Å². The summed E-state index contributed by atoms with van der Waals surface area (Å²) < 4.78 is 9.82. The van der Waals surface area contributed by atoms with Crippen LogP contribution in [0.2, 0.25) is 0 Å². The van der Waals surface area contributed by atoms with E-state index in [1.54, 1.807) is 23.5 Å². The first-order chi connectivity index (χ1) is 8.22. The van der Waals surface area contributed by atoms with Gasteiger partial charge in [-0.1, -0.05) is 6.58 Å². The normalized spacial score (nSPS) is 20.8. The number of rotatable bonds is 4. The van der Waals surface area contributed by atoms with Crippen LogP contribution in [-0.2, 0) is 19.1 Å². The highest BCUT2D eigenvalue weighted by Gasteiger charge is 2.17. The van der Waals surface area contributed by atoms with Crippen LogP contribution in [0.1, 0.15) is 12.8 Å². The number of carbonyl (C=O) groups excluding carboxylic acids is 2. The van der Waals surface area contributed by atoms with Crippen molar-refractivity contribution in [1.29, 1.82) is 0 Å². The second-order valence-corrected chi connectivity index (χ2v) is 5.80. The minimum atomic E-state index is -0.610. The fourth-order valence-electron chi connectivity index (χ4n) is 1.19. The minimum absolute atomic E-state index is 0.129. The van der Waals surface area contributed by atoms with Crippen LogP contribution < -0.4 is 0 Å². The molecule has 0 aliphatic carbocycles. The van der Waals surface area contributed by atoms with E-state index in [1.807, 2.05) is 0 Å². The van der Waals surface area contributed by atoms with Gasteiger partial charge < -0.3 is 9.47 Å². The predicted octanol–water partition coefficient (Wildman–Crippen LogP) is 1.85. The van der Waals surface area contributed by atoms with E-state index in [-0.39, 0.29) is 12.0 Å². The Hall–Kier alpha value is -0.620. The zero-order chi connectivity index (χ0) is 12.5. The Morgan fingerprint density at radius 1 is 1.35 bits per heavy atom. The van der Waals surface area contributed by atoms with Gasteiger partial charge in [0.1, 0.15) is 0 Å². The highest BCUT2D eigenvalue weighted by atomic mass is 32.2. The van der Waals surface area contributed by atoms with E-state index in [4.69, 9.17) is 4.74 Å². The van der Waals surface area contributed by atoms with Gasteiger partial charge in [-0.2, -0.15) is 11.8 Å². The van der Waals surface area contributed by atoms with Gasteiger partial charge in [0.15, 0.2) is 12.0 Å². The highest BCUT2D eigenvalue weighted by Crippen LogP contribution is 2.23. The fourth-order valence-corrected chi connectivity index (χ4v) is 3.50. The molecule has 96 valence electrons. The van der Waals surface area contributed by atoms with Gasteiger partial charge in [0, 0.05) is 11.8 Å². The molecule has 0 aromatic carbocycles. The highest BCUT2D eigenvalue weighted by molar-refractivity contribution is 8.03. The summed E-state index contributed by atoms with van der Waals surface area (Å²) in [6, 6.07) is 0. The summed E-state index contributed by atoms with van der Waals surface area (Å²) in [5.74, 6) is 1.80. The first-order valence-corrected chi connectivity index (χ1v) is 7.60. The molecule has 0 amide bonds. The number of carbonyl (C=O) groups is 2. The molecule has 17 heavy (non-hydrogen) atoms. The predicted molar refractivity (Wildman–Crippen MR) is 70.1 cm³/mol. The van der Waals surface area contributed by atoms with Gasteiger partial charge in [-0.05, 0) is 24.3 Å². The van der Waals surface area contributed by atoms with Crippen LogP contribution in [0, 0.1) is 0 Å². The van der Waals surface area contributed by atoms with Gasteiger partial charge in [0.2, 0.25) is 0 Å². The third-order valence-electron chi connectivity index (χ3n) is 2.00. The lowest BCUT2D eigenvalue weighted by Gasteiger charge is -2.19. The smallest absolute Gasteiger partial charge is 0.345 e. The largest absolute Gasteiger partial charge is 0.451 e. The molecular weight excluding hydrogens is 260 g/mol. The number of hydrogen-bond acceptors (Lipinski definition) is 6. The molecule has 1 unspecified atom stereocenters. The summed E-state index contributed by atoms with van der Waals surface area (Å²) in [6.07, 6.45) is 3.39. The third-order valence-corrected chi connectivity index (χ3v) is 4.49. The lowest BCUT2D eigenvalue weighted by molar-refractivity contribution is -0.156. The van der Waals surface area contributed by atoms with E-state index in [2.05, 4.69) is 11.3 Å². The number of ether oxygens (including phenoxy) is 2. The molecule has 1 aliphatic heterocycles. The van der Waals surface area contributed by atoms with E-state index < -0.39 is 11.9 Å². The Balaban J connectivity index is 2.23. The number of thioether (sulfide) groups is 2. The Labute approximate surface area is 109 Å². The maximum absolute atomic E-state index is 11.4. The summed E-state index contributed by atoms with van der Waals surface area (Å²) in [5, 5.41) is 0. The summed E-state index contributed by atoms with van der Waals surface area (Å²) in [6.45, 7) is 2.90. The monoisotopic (exact) mass is 276 g/mol. The van der Waals surface area contributed by atoms with Crippen LogP contribution in [0.25, 0.3) is 0 Å². The Morgan fingerprint density at radius 3 is 2.88 bits per heavy atom. The maximum Gasteiger partial charge on any atom is 0.345 e. The average molecular weight is 276 g/mol. The van der Waals surface area contributed by atoms with Crippen molar-refractivity contribution < 1.29 is 19.1 Å². The Morgan fingerprint density at radius 2 is 2.12 bits per heavy atom. The van der Waals surface area contributed by atoms with Crippen molar-refractivity contribution in [2.75, 3.05) is 23.9 Å². The number of esters is 2. The Kier molecular flexibility index (Phi) is 7.19. The van der Waals surface area contributed by atoms with E-state index in [9.17, 15) is 9.59 Å². The van der Waals surface area contributed by atoms with Crippen molar-refractivity contribution in [3.8, 4) is 0 Å². The first-order valence-electron chi connectivity index (χ1n) is 5.40. The van der Waals surface area contributed by atoms with Crippen LogP contribution in [-0.4, -0.2) is 41.2 Å². The number of hydrogen-bond donors (Lipinski definition) is 0. The van der Waals surface area contributed by atoms with Crippen molar-refractivity contribution in [2.24, 2.45) is 0 Å². The first kappa shape index (κ1) is 14.4. The average Bonchev–Trinajstić information content (AvgIpc) is 2.29. The molecule has 6 heteroatoms. The molecule has 1 aliphatic rings. The van der Waals surface area contributed by atoms with Gasteiger partial charge in [0.25, 0.3) is 0 Å². The van der Waals surface area contributed by atoms with Gasteiger partial charge in [-0.3, -0.25) is 0 Å².